The molecule has 0 saturated carbocycles. The molecule has 2 heterocycles. The lowest BCUT2D eigenvalue weighted by molar-refractivity contribution is -0.116. The summed E-state index contributed by atoms with van der Waals surface area (Å²) in [5, 5.41) is 12.1. The molecular weight excluding hydrogens is 430 g/mol. The molecule has 7 heteroatoms. The van der Waals surface area contributed by atoms with Gasteiger partial charge in [0.25, 0.3) is 0 Å². The molecule has 4 aromatic rings. The molecule has 3 aromatic carbocycles. The average molecular weight is 456 g/mol. The zero-order valence-electron chi connectivity index (χ0n) is 18.7. The second-order valence-electron chi connectivity index (χ2n) is 8.35. The van der Waals surface area contributed by atoms with Gasteiger partial charge in [0.15, 0.2) is 5.82 Å². The van der Waals surface area contributed by atoms with Gasteiger partial charge in [-0.25, -0.2) is 4.68 Å². The second-order valence-corrected chi connectivity index (χ2v) is 9.46. The van der Waals surface area contributed by atoms with Crippen LogP contribution < -0.4 is 10.7 Å². The van der Waals surface area contributed by atoms with Gasteiger partial charge in [-0.1, -0.05) is 78.0 Å². The summed E-state index contributed by atoms with van der Waals surface area (Å²) in [4.78, 5) is 13.5. The highest BCUT2D eigenvalue weighted by atomic mass is 32.2. The van der Waals surface area contributed by atoms with Crippen molar-refractivity contribution in [3.63, 3.8) is 0 Å². The molecule has 0 radical (unpaired) electrons. The number of rotatable bonds is 4. The van der Waals surface area contributed by atoms with Crippen molar-refractivity contribution in [2.75, 3.05) is 10.7 Å². The molecule has 1 amide bonds. The van der Waals surface area contributed by atoms with Crippen molar-refractivity contribution < 1.29 is 4.79 Å². The van der Waals surface area contributed by atoms with E-state index in [1.807, 2.05) is 60.1 Å². The van der Waals surface area contributed by atoms with Crippen molar-refractivity contribution >= 4 is 23.4 Å². The van der Waals surface area contributed by atoms with E-state index in [4.69, 9.17) is 0 Å². The van der Waals surface area contributed by atoms with Crippen molar-refractivity contribution in [3.05, 3.63) is 95.1 Å². The van der Waals surface area contributed by atoms with E-state index in [-0.39, 0.29) is 11.9 Å². The number of benzene rings is 3. The Hall–Kier alpha value is -3.58. The minimum absolute atomic E-state index is 0.0724. The maximum atomic E-state index is 13.5. The van der Waals surface area contributed by atoms with Crippen molar-refractivity contribution in [3.8, 4) is 11.4 Å². The van der Waals surface area contributed by atoms with E-state index in [0.717, 1.165) is 28.2 Å². The van der Waals surface area contributed by atoms with Crippen LogP contribution in [0.1, 0.15) is 28.3 Å². The molecule has 0 fully saturated rings. The number of aryl methyl sites for hydroxylation is 3. The molecule has 0 aliphatic carbocycles. The van der Waals surface area contributed by atoms with Gasteiger partial charge >= 0.3 is 0 Å². The predicted octanol–water partition coefficient (Wildman–Crippen LogP) is 5.27. The van der Waals surface area contributed by atoms with Crippen LogP contribution in [-0.4, -0.2) is 26.0 Å². The third-order valence-electron chi connectivity index (χ3n) is 5.94. The topological polar surface area (TPSA) is 71.8 Å². The molecule has 5 rings (SSSR count). The molecule has 1 aliphatic heterocycles. The van der Waals surface area contributed by atoms with Gasteiger partial charge in [0.2, 0.25) is 11.1 Å². The second kappa shape index (κ2) is 8.75. The summed E-state index contributed by atoms with van der Waals surface area (Å²) < 4.78 is 1.89. The Bertz CT molecular complexity index is 1300. The van der Waals surface area contributed by atoms with E-state index in [2.05, 4.69) is 59.1 Å². The first-order valence-electron chi connectivity index (χ1n) is 10.9. The van der Waals surface area contributed by atoms with Gasteiger partial charge in [-0.05, 0) is 49.6 Å². The smallest absolute Gasteiger partial charge is 0.240 e. The lowest BCUT2D eigenvalue weighted by atomic mass is 10.0. The average Bonchev–Trinajstić information content (AvgIpc) is 3.25. The highest BCUT2D eigenvalue weighted by Crippen LogP contribution is 2.39. The number of anilines is 1. The van der Waals surface area contributed by atoms with Crippen LogP contribution in [0.15, 0.2) is 78.0 Å². The van der Waals surface area contributed by atoms with Crippen LogP contribution in [0.3, 0.4) is 0 Å². The van der Waals surface area contributed by atoms with E-state index >= 15 is 0 Å². The Morgan fingerprint density at radius 3 is 2.42 bits per heavy atom. The zero-order valence-corrected chi connectivity index (χ0v) is 19.6. The number of fused-ring (bicyclic) bond motifs is 1. The Labute approximate surface area is 197 Å². The normalized spacial score (nSPS) is 17.2. The molecule has 1 aliphatic rings. The van der Waals surface area contributed by atoms with Crippen LogP contribution in [0, 0.1) is 20.8 Å². The quantitative estimate of drug-likeness (QED) is 0.439. The summed E-state index contributed by atoms with van der Waals surface area (Å²) >= 11 is 1.43. The number of thioether (sulfide) groups is 1. The SMILES string of the molecule is Cc1ccc([C@@H]2Nn3c(nnc3-c3ccccc3)S[C@H]2C(=O)Nc2ccc(C)c(C)c2)cc1. The standard InChI is InChI=1S/C26H25N5OS/c1-16-9-12-19(13-10-16)22-23(25(32)27-21-14-11-17(2)18(3)15-21)33-26-29-28-24(31(26)30-22)20-7-5-4-6-8-20/h4-15,22-23,30H,1-3H3,(H,27,32)/t22-,23+/m0/s1. The van der Waals surface area contributed by atoms with Crippen LogP contribution in [0.4, 0.5) is 5.69 Å². The third kappa shape index (κ3) is 4.24. The number of hydrogen-bond acceptors (Lipinski definition) is 5. The Kier molecular flexibility index (Phi) is 5.64. The Morgan fingerprint density at radius 2 is 1.70 bits per heavy atom. The highest BCUT2D eigenvalue weighted by Gasteiger charge is 2.38. The zero-order chi connectivity index (χ0) is 22.9. The summed E-state index contributed by atoms with van der Waals surface area (Å²) in [7, 11) is 0. The van der Waals surface area contributed by atoms with E-state index in [1.165, 1.54) is 22.9 Å². The number of carbonyl (C=O) groups is 1. The summed E-state index contributed by atoms with van der Waals surface area (Å²) in [5.41, 5.74) is 9.83. The Morgan fingerprint density at radius 1 is 0.939 bits per heavy atom. The van der Waals surface area contributed by atoms with E-state index < -0.39 is 5.25 Å². The molecule has 1 aromatic heterocycles. The van der Waals surface area contributed by atoms with Crippen molar-refractivity contribution in [2.24, 2.45) is 0 Å². The first-order valence-corrected chi connectivity index (χ1v) is 11.8. The largest absolute Gasteiger partial charge is 0.325 e. The van der Waals surface area contributed by atoms with Gasteiger partial charge in [0.1, 0.15) is 5.25 Å². The fourth-order valence-corrected chi connectivity index (χ4v) is 4.97. The summed E-state index contributed by atoms with van der Waals surface area (Å²) in [5.74, 6) is 0.653. The number of amides is 1. The monoisotopic (exact) mass is 455 g/mol. The molecule has 0 spiro atoms. The lowest BCUT2D eigenvalue weighted by Gasteiger charge is -2.33. The van der Waals surface area contributed by atoms with E-state index in [9.17, 15) is 4.79 Å². The minimum atomic E-state index is -0.422. The van der Waals surface area contributed by atoms with Crippen LogP contribution in [0.5, 0.6) is 0 Å². The summed E-state index contributed by atoms with van der Waals surface area (Å²) in [6.45, 7) is 6.17. The maximum Gasteiger partial charge on any atom is 0.240 e. The maximum absolute atomic E-state index is 13.5. The molecule has 33 heavy (non-hydrogen) atoms. The minimum Gasteiger partial charge on any atom is -0.325 e. The number of aromatic nitrogens is 3. The number of hydrogen-bond donors (Lipinski definition) is 2. The van der Waals surface area contributed by atoms with Crippen molar-refractivity contribution in [2.45, 2.75) is 37.2 Å². The number of nitrogens with zero attached hydrogens (tertiary/aromatic N) is 3. The van der Waals surface area contributed by atoms with Crippen LogP contribution >= 0.6 is 11.8 Å². The van der Waals surface area contributed by atoms with Crippen molar-refractivity contribution in [1.82, 2.24) is 14.9 Å². The molecule has 6 nitrogen and oxygen atoms in total. The first kappa shape index (κ1) is 21.3. The summed E-state index contributed by atoms with van der Waals surface area (Å²) in [6.07, 6.45) is 0. The molecule has 0 saturated heterocycles. The first-order chi connectivity index (χ1) is 16.0. The van der Waals surface area contributed by atoms with Gasteiger partial charge < -0.3 is 10.7 Å². The van der Waals surface area contributed by atoms with E-state index in [0.29, 0.717) is 5.16 Å². The van der Waals surface area contributed by atoms with Crippen LogP contribution in [0.2, 0.25) is 0 Å². The molecule has 166 valence electrons. The molecule has 2 atom stereocenters. The van der Waals surface area contributed by atoms with Gasteiger partial charge in [0.05, 0.1) is 6.04 Å². The summed E-state index contributed by atoms with van der Waals surface area (Å²) in [6, 6.07) is 23.9. The predicted molar refractivity (Wildman–Crippen MR) is 133 cm³/mol. The molecular formula is C26H25N5OS. The Balaban J connectivity index is 1.50. The molecule has 0 unspecified atom stereocenters. The fraction of sp³-hybridized carbons (Fsp3) is 0.192. The lowest BCUT2D eigenvalue weighted by Crippen LogP contribution is -2.41. The molecule has 0 bridgehead atoms. The molecule has 2 N–H and O–H groups in total. The van der Waals surface area contributed by atoms with Gasteiger partial charge in [-0.3, -0.25) is 4.79 Å². The van der Waals surface area contributed by atoms with Crippen LogP contribution in [0.25, 0.3) is 11.4 Å². The van der Waals surface area contributed by atoms with Gasteiger partial charge in [-0.15, -0.1) is 10.2 Å². The van der Waals surface area contributed by atoms with Crippen LogP contribution in [-0.2, 0) is 4.79 Å². The fourth-order valence-electron chi connectivity index (χ4n) is 3.89. The van der Waals surface area contributed by atoms with E-state index in [1.54, 1.807) is 0 Å². The van der Waals surface area contributed by atoms with Gasteiger partial charge in [-0.2, -0.15) is 0 Å². The number of nitrogens with one attached hydrogen (secondary N) is 2. The highest BCUT2D eigenvalue weighted by molar-refractivity contribution is 8.00. The number of carbonyl (C=O) groups excluding carboxylic acids is 1. The van der Waals surface area contributed by atoms with Crippen molar-refractivity contribution in [1.29, 1.82) is 0 Å². The van der Waals surface area contributed by atoms with Gasteiger partial charge in [0, 0.05) is 11.3 Å². The third-order valence-corrected chi connectivity index (χ3v) is 7.15.